The number of methoxy groups -OCH3 is 1. The molecule has 1 aromatic rings. The largest absolute Gasteiger partial charge is 0.496 e. The van der Waals surface area contributed by atoms with Crippen LogP contribution in [0.25, 0.3) is 0 Å². The molecule has 1 aromatic carbocycles. The minimum Gasteiger partial charge on any atom is -0.496 e. The minimum atomic E-state index is 0.0709. The van der Waals surface area contributed by atoms with Crippen molar-refractivity contribution in [1.29, 1.82) is 5.41 Å². The highest BCUT2D eigenvalue weighted by molar-refractivity contribution is 5.95. The summed E-state index contributed by atoms with van der Waals surface area (Å²) in [5.74, 6) is 0.863. The molecule has 0 atom stereocenters. The topological polar surface area (TPSA) is 68.3 Å². The molecular weight excluding hydrogens is 240 g/mol. The van der Waals surface area contributed by atoms with Crippen LogP contribution in [0.1, 0.15) is 43.2 Å². The predicted octanol–water partition coefficient (Wildman–Crippen LogP) is 2.83. The van der Waals surface area contributed by atoms with Crippen molar-refractivity contribution in [3.05, 3.63) is 29.3 Å². The maximum Gasteiger partial charge on any atom is 0.124 e. The van der Waals surface area contributed by atoms with Gasteiger partial charge in [0.05, 0.1) is 19.8 Å². The van der Waals surface area contributed by atoms with E-state index in [9.17, 15) is 0 Å². The monoisotopic (exact) mass is 262 g/mol. The number of rotatable bonds is 5. The lowest BCUT2D eigenvalue weighted by atomic mass is 9.98. The molecule has 19 heavy (non-hydrogen) atoms. The third-order valence-corrected chi connectivity index (χ3v) is 3.62. The zero-order chi connectivity index (χ0) is 13.7. The van der Waals surface area contributed by atoms with E-state index in [1.165, 1.54) is 19.3 Å². The molecule has 0 unspecified atom stereocenters. The van der Waals surface area contributed by atoms with Crippen LogP contribution in [0.5, 0.6) is 5.75 Å². The van der Waals surface area contributed by atoms with E-state index in [1.807, 2.05) is 12.1 Å². The van der Waals surface area contributed by atoms with Gasteiger partial charge in [0, 0.05) is 11.1 Å². The van der Waals surface area contributed by atoms with E-state index < -0.39 is 0 Å². The molecule has 1 saturated carbocycles. The van der Waals surface area contributed by atoms with Gasteiger partial charge in [0.2, 0.25) is 0 Å². The molecule has 0 radical (unpaired) electrons. The maximum atomic E-state index is 7.48. The fraction of sp³-hybridized carbons (Fsp3) is 0.533. The van der Waals surface area contributed by atoms with Crippen molar-refractivity contribution in [2.75, 3.05) is 7.11 Å². The van der Waals surface area contributed by atoms with Crippen molar-refractivity contribution in [2.45, 2.75) is 44.8 Å². The summed E-state index contributed by atoms with van der Waals surface area (Å²) in [6, 6.07) is 5.52. The van der Waals surface area contributed by atoms with Crippen molar-refractivity contribution in [3.8, 4) is 5.75 Å². The van der Waals surface area contributed by atoms with Crippen LogP contribution in [0.4, 0.5) is 0 Å². The Morgan fingerprint density at radius 2 is 2.05 bits per heavy atom. The Hall–Kier alpha value is -1.55. The number of nitrogens with one attached hydrogen (secondary N) is 1. The second-order valence-electron chi connectivity index (χ2n) is 5.01. The Balaban J connectivity index is 2.04. The molecule has 0 bridgehead atoms. The van der Waals surface area contributed by atoms with Crippen LogP contribution in [0.2, 0.25) is 0 Å². The first-order valence-electron chi connectivity index (χ1n) is 6.83. The summed E-state index contributed by atoms with van der Waals surface area (Å²) >= 11 is 0. The van der Waals surface area contributed by atoms with Gasteiger partial charge in [-0.1, -0.05) is 19.3 Å². The molecule has 4 heteroatoms. The normalized spacial score (nSPS) is 16.3. The lowest BCUT2D eigenvalue weighted by Crippen LogP contribution is -2.17. The van der Waals surface area contributed by atoms with Gasteiger partial charge in [-0.2, -0.15) is 0 Å². The Morgan fingerprint density at radius 1 is 1.32 bits per heavy atom. The molecule has 0 saturated heterocycles. The third kappa shape index (κ3) is 3.70. The first-order valence-corrected chi connectivity index (χ1v) is 6.83. The summed E-state index contributed by atoms with van der Waals surface area (Å²) in [4.78, 5) is 0. The van der Waals surface area contributed by atoms with Crippen LogP contribution < -0.4 is 10.5 Å². The highest BCUT2D eigenvalue weighted by atomic mass is 16.5. The molecule has 0 amide bonds. The first-order chi connectivity index (χ1) is 9.20. The maximum absolute atomic E-state index is 7.48. The molecule has 2 rings (SSSR count). The van der Waals surface area contributed by atoms with Crippen LogP contribution in [-0.2, 0) is 11.3 Å². The van der Waals surface area contributed by atoms with Crippen molar-refractivity contribution in [2.24, 2.45) is 5.73 Å². The molecule has 1 fully saturated rings. The standard InChI is InChI=1S/C15H22N2O2/c1-18-14-8-7-11(15(16)17)9-12(14)10-19-13-5-3-2-4-6-13/h7-9,13H,2-6,10H2,1H3,(H3,16,17). The van der Waals surface area contributed by atoms with E-state index >= 15 is 0 Å². The Labute approximate surface area is 114 Å². The minimum absolute atomic E-state index is 0.0709. The smallest absolute Gasteiger partial charge is 0.124 e. The summed E-state index contributed by atoms with van der Waals surface area (Å²) in [5.41, 5.74) is 7.18. The predicted molar refractivity (Wildman–Crippen MR) is 75.7 cm³/mol. The lowest BCUT2D eigenvalue weighted by molar-refractivity contribution is 0.0160. The van der Waals surface area contributed by atoms with Crippen LogP contribution in [0, 0.1) is 5.41 Å². The van der Waals surface area contributed by atoms with Crippen molar-refractivity contribution >= 4 is 5.84 Å². The zero-order valence-corrected chi connectivity index (χ0v) is 11.4. The SMILES string of the molecule is COc1ccc(C(=N)N)cc1COC1CCCCC1. The number of hydrogen-bond donors (Lipinski definition) is 2. The number of hydrogen-bond acceptors (Lipinski definition) is 3. The summed E-state index contributed by atoms with van der Waals surface area (Å²) in [6.07, 6.45) is 6.50. The molecule has 1 aliphatic carbocycles. The van der Waals surface area contributed by atoms with Crippen LogP contribution in [0.15, 0.2) is 18.2 Å². The number of ether oxygens (including phenoxy) is 2. The van der Waals surface area contributed by atoms with E-state index in [4.69, 9.17) is 20.6 Å². The van der Waals surface area contributed by atoms with Gasteiger partial charge in [0.25, 0.3) is 0 Å². The van der Waals surface area contributed by atoms with Crippen molar-refractivity contribution in [3.63, 3.8) is 0 Å². The Kier molecular flexibility index (Phi) is 4.80. The molecular formula is C15H22N2O2. The zero-order valence-electron chi connectivity index (χ0n) is 11.4. The molecule has 0 heterocycles. The second-order valence-corrected chi connectivity index (χ2v) is 5.01. The van der Waals surface area contributed by atoms with Crippen LogP contribution >= 0.6 is 0 Å². The van der Waals surface area contributed by atoms with E-state index in [0.29, 0.717) is 18.3 Å². The molecule has 1 aliphatic rings. The average molecular weight is 262 g/mol. The van der Waals surface area contributed by atoms with Gasteiger partial charge in [0.15, 0.2) is 0 Å². The van der Waals surface area contributed by atoms with Crippen LogP contribution in [0.3, 0.4) is 0 Å². The molecule has 4 nitrogen and oxygen atoms in total. The fourth-order valence-corrected chi connectivity index (χ4v) is 2.50. The molecule has 104 valence electrons. The van der Waals surface area contributed by atoms with E-state index in [2.05, 4.69) is 0 Å². The lowest BCUT2D eigenvalue weighted by Gasteiger charge is -2.22. The van der Waals surface area contributed by atoms with E-state index in [0.717, 1.165) is 24.2 Å². The molecule has 0 aliphatic heterocycles. The van der Waals surface area contributed by atoms with Gasteiger partial charge >= 0.3 is 0 Å². The fourth-order valence-electron chi connectivity index (χ4n) is 2.50. The molecule has 0 aromatic heterocycles. The summed E-state index contributed by atoms with van der Waals surface area (Å²) in [5, 5.41) is 7.48. The Bertz CT molecular complexity index is 440. The van der Waals surface area contributed by atoms with Gasteiger partial charge in [-0.25, -0.2) is 0 Å². The van der Waals surface area contributed by atoms with Gasteiger partial charge in [0.1, 0.15) is 11.6 Å². The number of benzene rings is 1. The van der Waals surface area contributed by atoms with Crippen molar-refractivity contribution in [1.82, 2.24) is 0 Å². The van der Waals surface area contributed by atoms with Gasteiger partial charge < -0.3 is 15.2 Å². The quantitative estimate of drug-likeness (QED) is 0.633. The number of nitrogen functional groups attached to an aromatic ring is 1. The second kappa shape index (κ2) is 6.57. The molecule has 3 N–H and O–H groups in total. The van der Waals surface area contributed by atoms with Gasteiger partial charge in [-0.3, -0.25) is 5.41 Å². The van der Waals surface area contributed by atoms with E-state index in [-0.39, 0.29) is 5.84 Å². The number of nitrogens with two attached hydrogens (primary N) is 1. The van der Waals surface area contributed by atoms with Crippen LogP contribution in [-0.4, -0.2) is 19.0 Å². The van der Waals surface area contributed by atoms with Gasteiger partial charge in [-0.15, -0.1) is 0 Å². The highest BCUT2D eigenvalue weighted by Crippen LogP contribution is 2.25. The van der Waals surface area contributed by atoms with Gasteiger partial charge in [-0.05, 0) is 31.0 Å². The molecule has 0 spiro atoms. The highest BCUT2D eigenvalue weighted by Gasteiger charge is 2.15. The van der Waals surface area contributed by atoms with Crippen molar-refractivity contribution < 1.29 is 9.47 Å². The summed E-state index contributed by atoms with van der Waals surface area (Å²) in [7, 11) is 1.65. The summed E-state index contributed by atoms with van der Waals surface area (Å²) in [6.45, 7) is 0.523. The Morgan fingerprint density at radius 3 is 2.68 bits per heavy atom. The number of amidine groups is 1. The summed E-state index contributed by atoms with van der Waals surface area (Å²) < 4.78 is 11.3. The van der Waals surface area contributed by atoms with E-state index in [1.54, 1.807) is 13.2 Å². The average Bonchev–Trinajstić information content (AvgIpc) is 2.45. The first kappa shape index (κ1) is 13.9. The third-order valence-electron chi connectivity index (χ3n) is 3.62.